The first-order valence-electron chi connectivity index (χ1n) is 4.52. The third-order valence-electron chi connectivity index (χ3n) is 2.23. The average Bonchev–Trinajstić information content (AvgIpc) is 2.03. The molecule has 1 aromatic carbocycles. The number of anilines is 1. The number of nitrogen functional groups attached to an aromatic ring is 1. The van der Waals surface area contributed by atoms with Gasteiger partial charge in [0.15, 0.2) is 0 Å². The van der Waals surface area contributed by atoms with Crippen molar-refractivity contribution in [2.45, 2.75) is 26.8 Å². The van der Waals surface area contributed by atoms with Gasteiger partial charge in [-0.15, -0.1) is 0 Å². The van der Waals surface area contributed by atoms with Crippen LogP contribution in [0.3, 0.4) is 0 Å². The van der Waals surface area contributed by atoms with Crippen LogP contribution >= 0.6 is 0 Å². The minimum Gasteiger partial charge on any atom is -0.399 e. The van der Waals surface area contributed by atoms with E-state index in [0.29, 0.717) is 0 Å². The zero-order valence-corrected chi connectivity index (χ0v) is 8.54. The second kappa shape index (κ2) is 3.38. The van der Waals surface area contributed by atoms with E-state index in [4.69, 9.17) is 11.5 Å². The molecule has 4 N–H and O–H groups in total. The highest BCUT2D eigenvalue weighted by Gasteiger charge is 2.21. The van der Waals surface area contributed by atoms with Crippen LogP contribution in [0.1, 0.15) is 32.4 Å². The van der Waals surface area contributed by atoms with Crippen LogP contribution in [0.2, 0.25) is 0 Å². The second-order valence-corrected chi connectivity index (χ2v) is 4.51. The van der Waals surface area contributed by atoms with Gasteiger partial charge in [-0.25, -0.2) is 0 Å². The first-order chi connectivity index (χ1) is 5.91. The summed E-state index contributed by atoms with van der Waals surface area (Å²) in [4.78, 5) is 0. The fraction of sp³-hybridized carbons (Fsp3) is 0.455. The molecule has 1 rings (SSSR count). The van der Waals surface area contributed by atoms with Crippen LogP contribution in [0.25, 0.3) is 0 Å². The van der Waals surface area contributed by atoms with Gasteiger partial charge in [0.05, 0.1) is 0 Å². The van der Waals surface area contributed by atoms with Crippen molar-refractivity contribution in [3.05, 3.63) is 29.8 Å². The minimum atomic E-state index is 0.0631. The summed E-state index contributed by atoms with van der Waals surface area (Å²) in [6, 6.07) is 7.83. The van der Waals surface area contributed by atoms with Crippen LogP contribution in [0.5, 0.6) is 0 Å². The first kappa shape index (κ1) is 10.1. The van der Waals surface area contributed by atoms with Crippen molar-refractivity contribution >= 4 is 5.69 Å². The molecule has 0 aliphatic heterocycles. The molecule has 0 fully saturated rings. The maximum atomic E-state index is 6.08. The Hall–Kier alpha value is -1.02. The van der Waals surface area contributed by atoms with Crippen molar-refractivity contribution in [3.63, 3.8) is 0 Å². The molecule has 0 radical (unpaired) electrons. The Kier molecular flexibility index (Phi) is 2.62. The van der Waals surface area contributed by atoms with Gasteiger partial charge in [-0.05, 0) is 23.1 Å². The molecule has 2 heteroatoms. The molecule has 0 aliphatic carbocycles. The van der Waals surface area contributed by atoms with Crippen LogP contribution in [-0.2, 0) is 0 Å². The number of nitrogens with two attached hydrogens (primary N) is 2. The molecule has 72 valence electrons. The monoisotopic (exact) mass is 178 g/mol. The lowest BCUT2D eigenvalue weighted by Gasteiger charge is -2.27. The van der Waals surface area contributed by atoms with E-state index < -0.39 is 0 Å². The highest BCUT2D eigenvalue weighted by atomic mass is 14.7. The largest absolute Gasteiger partial charge is 0.399 e. The Bertz CT molecular complexity index is 269. The van der Waals surface area contributed by atoms with Gasteiger partial charge in [0, 0.05) is 11.7 Å². The SMILES string of the molecule is CC(C)(C)[C@H](N)c1ccc(N)cc1. The third-order valence-corrected chi connectivity index (χ3v) is 2.23. The number of hydrogen-bond acceptors (Lipinski definition) is 2. The molecule has 0 unspecified atom stereocenters. The maximum absolute atomic E-state index is 6.08. The summed E-state index contributed by atoms with van der Waals surface area (Å²) in [6.07, 6.45) is 0. The van der Waals surface area contributed by atoms with E-state index in [1.54, 1.807) is 0 Å². The molecule has 0 saturated heterocycles. The van der Waals surface area contributed by atoms with E-state index in [-0.39, 0.29) is 11.5 Å². The number of benzene rings is 1. The minimum absolute atomic E-state index is 0.0631. The Balaban J connectivity index is 2.90. The lowest BCUT2D eigenvalue weighted by molar-refractivity contribution is 0.327. The summed E-state index contributed by atoms with van der Waals surface area (Å²) in [5, 5.41) is 0. The standard InChI is InChI=1S/C11H18N2/c1-11(2,3)10(13)8-4-6-9(12)7-5-8/h4-7,10H,12-13H2,1-3H3/t10-/m1/s1. The van der Waals surface area contributed by atoms with E-state index in [1.165, 1.54) is 0 Å². The number of hydrogen-bond donors (Lipinski definition) is 2. The quantitative estimate of drug-likeness (QED) is 0.648. The van der Waals surface area contributed by atoms with Gasteiger partial charge in [-0.3, -0.25) is 0 Å². The van der Waals surface area contributed by atoms with E-state index in [9.17, 15) is 0 Å². The molecule has 0 saturated carbocycles. The average molecular weight is 178 g/mol. The number of rotatable bonds is 1. The molecule has 1 aromatic rings. The van der Waals surface area contributed by atoms with Crippen molar-refractivity contribution in [2.24, 2.45) is 11.1 Å². The van der Waals surface area contributed by atoms with E-state index in [2.05, 4.69) is 20.8 Å². The highest BCUT2D eigenvalue weighted by molar-refractivity contribution is 5.40. The van der Waals surface area contributed by atoms with Crippen molar-refractivity contribution in [1.29, 1.82) is 0 Å². The smallest absolute Gasteiger partial charge is 0.0344 e. The normalized spacial score (nSPS) is 14.2. The molecule has 0 bridgehead atoms. The van der Waals surface area contributed by atoms with Crippen LogP contribution < -0.4 is 11.5 Å². The zero-order chi connectivity index (χ0) is 10.1. The lowest BCUT2D eigenvalue weighted by atomic mass is 9.83. The fourth-order valence-corrected chi connectivity index (χ4v) is 1.20. The van der Waals surface area contributed by atoms with Crippen LogP contribution in [0.15, 0.2) is 24.3 Å². The Labute approximate surface area is 79.9 Å². The summed E-state index contributed by atoms with van der Waals surface area (Å²) in [7, 11) is 0. The molecule has 13 heavy (non-hydrogen) atoms. The van der Waals surface area contributed by atoms with Crippen LogP contribution in [0, 0.1) is 5.41 Å². The Morgan fingerprint density at radius 1 is 1.08 bits per heavy atom. The molecular formula is C11H18N2. The maximum Gasteiger partial charge on any atom is 0.0344 e. The summed E-state index contributed by atoms with van der Waals surface area (Å²) < 4.78 is 0. The molecule has 0 spiro atoms. The summed E-state index contributed by atoms with van der Waals surface area (Å²) in [5.74, 6) is 0. The van der Waals surface area contributed by atoms with Crippen LogP contribution in [-0.4, -0.2) is 0 Å². The molecule has 0 amide bonds. The fourth-order valence-electron chi connectivity index (χ4n) is 1.20. The van der Waals surface area contributed by atoms with E-state index in [0.717, 1.165) is 11.3 Å². The molecule has 0 heterocycles. The predicted molar refractivity (Wildman–Crippen MR) is 57.2 cm³/mol. The van der Waals surface area contributed by atoms with Crippen molar-refractivity contribution < 1.29 is 0 Å². The molecule has 0 aromatic heterocycles. The highest BCUT2D eigenvalue weighted by Crippen LogP contribution is 2.30. The van der Waals surface area contributed by atoms with Gasteiger partial charge in [0.2, 0.25) is 0 Å². The molecule has 2 nitrogen and oxygen atoms in total. The second-order valence-electron chi connectivity index (χ2n) is 4.51. The topological polar surface area (TPSA) is 52.0 Å². The van der Waals surface area contributed by atoms with E-state index in [1.807, 2.05) is 24.3 Å². The summed E-state index contributed by atoms with van der Waals surface area (Å²) in [6.45, 7) is 6.40. The third kappa shape index (κ3) is 2.46. The Morgan fingerprint density at radius 3 is 1.92 bits per heavy atom. The van der Waals surface area contributed by atoms with Crippen molar-refractivity contribution in [2.75, 3.05) is 5.73 Å². The first-order valence-corrected chi connectivity index (χ1v) is 4.52. The van der Waals surface area contributed by atoms with Gasteiger partial charge in [0.1, 0.15) is 0 Å². The van der Waals surface area contributed by atoms with Gasteiger partial charge >= 0.3 is 0 Å². The summed E-state index contributed by atoms with van der Waals surface area (Å²) in [5.41, 5.74) is 13.7. The summed E-state index contributed by atoms with van der Waals surface area (Å²) >= 11 is 0. The molecule has 0 aliphatic rings. The van der Waals surface area contributed by atoms with Crippen LogP contribution in [0.4, 0.5) is 5.69 Å². The Morgan fingerprint density at radius 2 is 1.54 bits per heavy atom. The van der Waals surface area contributed by atoms with E-state index >= 15 is 0 Å². The molecular weight excluding hydrogens is 160 g/mol. The molecule has 1 atom stereocenters. The van der Waals surface area contributed by atoms with Gasteiger partial charge in [-0.2, -0.15) is 0 Å². The lowest BCUT2D eigenvalue weighted by Crippen LogP contribution is -2.26. The van der Waals surface area contributed by atoms with Gasteiger partial charge < -0.3 is 11.5 Å². The van der Waals surface area contributed by atoms with Gasteiger partial charge in [0.25, 0.3) is 0 Å². The van der Waals surface area contributed by atoms with Crippen molar-refractivity contribution in [3.8, 4) is 0 Å². The van der Waals surface area contributed by atoms with Gasteiger partial charge in [-0.1, -0.05) is 32.9 Å². The zero-order valence-electron chi connectivity index (χ0n) is 8.54. The predicted octanol–water partition coefficient (Wildman–Crippen LogP) is 2.31. The van der Waals surface area contributed by atoms with Crippen molar-refractivity contribution in [1.82, 2.24) is 0 Å².